The molecular weight excluding hydrogens is 254 g/mol. The molecule has 1 heterocycles. The van der Waals surface area contributed by atoms with Crippen LogP contribution in [0.5, 0.6) is 0 Å². The van der Waals surface area contributed by atoms with Crippen LogP contribution in [0.3, 0.4) is 0 Å². The minimum absolute atomic E-state index is 0.338. The van der Waals surface area contributed by atoms with Gasteiger partial charge in [0.05, 0.1) is 13.2 Å². The van der Waals surface area contributed by atoms with E-state index in [4.69, 9.17) is 9.47 Å². The number of nitrogens with one attached hydrogen (secondary N) is 1. The average Bonchev–Trinajstić information content (AvgIpc) is 2.45. The average molecular weight is 281 g/mol. The predicted octanol–water partition coefficient (Wildman–Crippen LogP) is 2.00. The van der Waals surface area contributed by atoms with E-state index in [-0.39, 0.29) is 0 Å². The van der Waals surface area contributed by atoms with Gasteiger partial charge in [-0.3, -0.25) is 4.90 Å². The third kappa shape index (κ3) is 5.45. The Bertz CT molecular complexity index is 374. The highest BCUT2D eigenvalue weighted by atomic mass is 16.5. The van der Waals surface area contributed by atoms with Gasteiger partial charge in [0.15, 0.2) is 0 Å². The molecule has 1 N–H and O–H groups in total. The molecule has 0 saturated carbocycles. The monoisotopic (exact) mass is 281 g/mol. The van der Waals surface area contributed by atoms with Crippen LogP contribution in [-0.4, -0.2) is 56.4 Å². The normalized spacial score (nSPS) is 12.7. The van der Waals surface area contributed by atoms with Crippen LogP contribution in [0.15, 0.2) is 18.3 Å². The van der Waals surface area contributed by atoms with Crippen LogP contribution in [0.1, 0.15) is 19.4 Å². The highest BCUT2D eigenvalue weighted by molar-refractivity contribution is 5.43. The lowest BCUT2D eigenvalue weighted by Crippen LogP contribution is -2.38. The van der Waals surface area contributed by atoms with Crippen LogP contribution >= 0.6 is 0 Å². The fraction of sp³-hybridized carbons (Fsp3) is 0.667. The molecule has 0 saturated heterocycles. The highest BCUT2D eigenvalue weighted by Crippen LogP contribution is 2.15. The molecule has 0 fully saturated rings. The molecule has 1 aromatic rings. The standard InChI is InChI=1S/C15H27N3O2/c1-5-16-15-14(7-6-8-17-15)11-18(9-10-19-3)13(2)12-20-4/h6-8,13H,5,9-12H2,1-4H3,(H,16,17). The molecule has 0 bridgehead atoms. The van der Waals surface area contributed by atoms with Gasteiger partial charge in [0.1, 0.15) is 5.82 Å². The van der Waals surface area contributed by atoms with E-state index in [1.807, 2.05) is 12.3 Å². The van der Waals surface area contributed by atoms with E-state index in [1.54, 1.807) is 14.2 Å². The van der Waals surface area contributed by atoms with E-state index in [9.17, 15) is 0 Å². The lowest BCUT2D eigenvalue weighted by atomic mass is 10.2. The van der Waals surface area contributed by atoms with Gasteiger partial charge in [0.25, 0.3) is 0 Å². The molecule has 0 amide bonds. The second-order valence-electron chi connectivity index (χ2n) is 4.81. The smallest absolute Gasteiger partial charge is 0.130 e. The van der Waals surface area contributed by atoms with E-state index in [0.29, 0.717) is 19.3 Å². The maximum absolute atomic E-state index is 5.27. The highest BCUT2D eigenvalue weighted by Gasteiger charge is 2.15. The van der Waals surface area contributed by atoms with Crippen molar-refractivity contribution < 1.29 is 9.47 Å². The number of pyridine rings is 1. The van der Waals surface area contributed by atoms with E-state index in [1.165, 1.54) is 5.56 Å². The van der Waals surface area contributed by atoms with Gasteiger partial charge in [-0.2, -0.15) is 0 Å². The number of hydrogen-bond acceptors (Lipinski definition) is 5. The maximum atomic E-state index is 5.27. The Morgan fingerprint density at radius 2 is 2.15 bits per heavy atom. The van der Waals surface area contributed by atoms with Gasteiger partial charge in [-0.15, -0.1) is 0 Å². The van der Waals surface area contributed by atoms with E-state index in [0.717, 1.165) is 25.5 Å². The zero-order chi connectivity index (χ0) is 14.8. The van der Waals surface area contributed by atoms with Crippen molar-refractivity contribution in [1.82, 2.24) is 9.88 Å². The molecule has 1 unspecified atom stereocenters. The lowest BCUT2D eigenvalue weighted by Gasteiger charge is -2.29. The molecule has 1 aromatic heterocycles. The van der Waals surface area contributed by atoms with Crippen molar-refractivity contribution in [3.05, 3.63) is 23.9 Å². The maximum Gasteiger partial charge on any atom is 0.130 e. The Labute approximate surface area is 122 Å². The van der Waals surface area contributed by atoms with E-state index in [2.05, 4.69) is 35.1 Å². The van der Waals surface area contributed by atoms with E-state index < -0.39 is 0 Å². The summed E-state index contributed by atoms with van der Waals surface area (Å²) in [4.78, 5) is 6.76. The first kappa shape index (κ1) is 16.9. The largest absolute Gasteiger partial charge is 0.383 e. The number of aromatic nitrogens is 1. The Balaban J connectivity index is 2.77. The molecule has 0 aliphatic rings. The van der Waals surface area contributed by atoms with Crippen molar-refractivity contribution >= 4 is 5.82 Å². The molecule has 0 aliphatic carbocycles. The van der Waals surface area contributed by atoms with Crippen molar-refractivity contribution in [2.45, 2.75) is 26.4 Å². The number of nitrogens with zero attached hydrogens (tertiary/aromatic N) is 2. The molecule has 0 spiro atoms. The SMILES string of the molecule is CCNc1ncccc1CN(CCOC)C(C)COC. The number of anilines is 1. The van der Waals surface area contributed by atoms with Crippen molar-refractivity contribution in [3.8, 4) is 0 Å². The summed E-state index contributed by atoms with van der Waals surface area (Å²) >= 11 is 0. The quantitative estimate of drug-likeness (QED) is 0.711. The number of rotatable bonds is 10. The van der Waals surface area contributed by atoms with Crippen LogP contribution in [0.25, 0.3) is 0 Å². The fourth-order valence-corrected chi connectivity index (χ4v) is 2.12. The Kier molecular flexibility index (Phi) is 8.18. The van der Waals surface area contributed by atoms with Crippen LogP contribution < -0.4 is 5.32 Å². The zero-order valence-electron chi connectivity index (χ0n) is 13.1. The van der Waals surface area contributed by atoms with Gasteiger partial charge in [0.2, 0.25) is 0 Å². The van der Waals surface area contributed by atoms with Crippen LogP contribution in [0.4, 0.5) is 5.82 Å². The topological polar surface area (TPSA) is 46.6 Å². The molecule has 5 heteroatoms. The third-order valence-electron chi connectivity index (χ3n) is 3.22. The molecule has 0 aromatic carbocycles. The van der Waals surface area contributed by atoms with Gasteiger partial charge in [-0.05, 0) is 19.9 Å². The first-order chi connectivity index (χ1) is 9.72. The predicted molar refractivity (Wildman–Crippen MR) is 82.0 cm³/mol. The third-order valence-corrected chi connectivity index (χ3v) is 3.22. The van der Waals surface area contributed by atoms with Crippen molar-refractivity contribution in [3.63, 3.8) is 0 Å². The van der Waals surface area contributed by atoms with Gasteiger partial charge in [-0.25, -0.2) is 4.98 Å². The summed E-state index contributed by atoms with van der Waals surface area (Å²) < 4.78 is 10.5. The van der Waals surface area contributed by atoms with Crippen LogP contribution in [0, 0.1) is 0 Å². The summed E-state index contributed by atoms with van der Waals surface area (Å²) in [6, 6.07) is 4.43. The van der Waals surface area contributed by atoms with Crippen molar-refractivity contribution in [1.29, 1.82) is 0 Å². The first-order valence-corrected chi connectivity index (χ1v) is 7.12. The summed E-state index contributed by atoms with van der Waals surface area (Å²) in [6.07, 6.45) is 1.82. The summed E-state index contributed by atoms with van der Waals surface area (Å²) in [5, 5.41) is 3.31. The first-order valence-electron chi connectivity index (χ1n) is 7.12. The minimum atomic E-state index is 0.338. The van der Waals surface area contributed by atoms with Gasteiger partial charge in [0, 0.05) is 51.7 Å². The second-order valence-corrected chi connectivity index (χ2v) is 4.81. The molecule has 1 atom stereocenters. The van der Waals surface area contributed by atoms with Crippen LogP contribution in [-0.2, 0) is 16.0 Å². The summed E-state index contributed by atoms with van der Waals surface area (Å²) in [6.45, 7) is 8.25. The number of methoxy groups -OCH3 is 2. The molecular formula is C15H27N3O2. The Morgan fingerprint density at radius 1 is 1.35 bits per heavy atom. The zero-order valence-corrected chi connectivity index (χ0v) is 13.1. The lowest BCUT2D eigenvalue weighted by molar-refractivity contribution is 0.0706. The number of hydrogen-bond donors (Lipinski definition) is 1. The molecule has 0 radical (unpaired) electrons. The Hall–Kier alpha value is -1.17. The molecule has 0 aliphatic heterocycles. The van der Waals surface area contributed by atoms with Gasteiger partial charge >= 0.3 is 0 Å². The van der Waals surface area contributed by atoms with Gasteiger partial charge < -0.3 is 14.8 Å². The molecule has 114 valence electrons. The minimum Gasteiger partial charge on any atom is -0.383 e. The fourth-order valence-electron chi connectivity index (χ4n) is 2.12. The summed E-state index contributed by atoms with van der Waals surface area (Å²) in [7, 11) is 3.46. The van der Waals surface area contributed by atoms with Gasteiger partial charge in [-0.1, -0.05) is 6.07 Å². The molecule has 20 heavy (non-hydrogen) atoms. The molecule has 5 nitrogen and oxygen atoms in total. The molecule has 1 rings (SSSR count). The van der Waals surface area contributed by atoms with Crippen molar-refractivity contribution in [2.75, 3.05) is 45.8 Å². The van der Waals surface area contributed by atoms with E-state index >= 15 is 0 Å². The summed E-state index contributed by atoms with van der Waals surface area (Å²) in [5.74, 6) is 0.960. The Morgan fingerprint density at radius 3 is 2.80 bits per heavy atom. The number of ether oxygens (including phenoxy) is 2. The van der Waals surface area contributed by atoms with Crippen molar-refractivity contribution in [2.24, 2.45) is 0 Å². The van der Waals surface area contributed by atoms with Crippen LogP contribution in [0.2, 0.25) is 0 Å². The summed E-state index contributed by atoms with van der Waals surface area (Å²) in [5.41, 5.74) is 1.20. The second kappa shape index (κ2) is 9.69.